The van der Waals surface area contributed by atoms with Gasteiger partial charge in [0.25, 0.3) is 5.91 Å². The van der Waals surface area contributed by atoms with Gasteiger partial charge in [0.05, 0.1) is 29.5 Å². The zero-order valence-corrected chi connectivity index (χ0v) is 20.5. The SMILES string of the molecule is CC(C(=O)Nc1cnc(Oc2ccc(F)cc2F)cn1)N1CCN(C(=O)c2cc[n+]([O-])cc2)C(C)(C)C1. The molecule has 0 radical (unpaired) electrons. The molecule has 12 heteroatoms. The molecule has 2 amide bonds. The van der Waals surface area contributed by atoms with Gasteiger partial charge in [-0.2, -0.15) is 4.73 Å². The van der Waals surface area contributed by atoms with Gasteiger partial charge in [-0.3, -0.25) is 14.5 Å². The third-order valence-electron chi connectivity index (χ3n) is 6.14. The standard InChI is InChI=1S/C25H26F2N6O4/c1-16(31-10-11-33(25(2,3)15-31)24(35)17-6-8-32(36)9-7-17)23(34)30-21-13-29-22(14-28-21)37-20-5-4-18(26)12-19(20)27/h4-9,12-14,16H,10-11,15H2,1-3H3,(H,28,30,34). The fraction of sp³-hybridized carbons (Fsp3) is 0.320. The van der Waals surface area contributed by atoms with Crippen LogP contribution >= 0.6 is 0 Å². The van der Waals surface area contributed by atoms with Crippen molar-refractivity contribution < 1.29 is 27.8 Å². The molecule has 0 bridgehead atoms. The number of amides is 2. The minimum Gasteiger partial charge on any atom is -0.619 e. The van der Waals surface area contributed by atoms with Crippen LogP contribution in [0.2, 0.25) is 0 Å². The number of anilines is 1. The number of carbonyl (C=O) groups excluding carboxylic acids is 2. The van der Waals surface area contributed by atoms with E-state index in [0.29, 0.717) is 36.0 Å². The molecular formula is C25H26F2N6O4. The first kappa shape index (κ1) is 25.9. The van der Waals surface area contributed by atoms with Crippen LogP contribution in [0.5, 0.6) is 11.6 Å². The Labute approximate surface area is 212 Å². The summed E-state index contributed by atoms with van der Waals surface area (Å²) in [5, 5.41) is 14.0. The average molecular weight is 513 g/mol. The number of ether oxygens (including phenoxy) is 1. The maximum absolute atomic E-state index is 13.8. The highest BCUT2D eigenvalue weighted by molar-refractivity contribution is 5.95. The highest BCUT2D eigenvalue weighted by Crippen LogP contribution is 2.26. The van der Waals surface area contributed by atoms with E-state index in [0.717, 1.165) is 12.1 Å². The number of rotatable bonds is 6. The Morgan fingerprint density at radius 3 is 2.49 bits per heavy atom. The summed E-state index contributed by atoms with van der Waals surface area (Å²) >= 11 is 0. The fourth-order valence-electron chi connectivity index (χ4n) is 4.11. The van der Waals surface area contributed by atoms with Crippen molar-refractivity contribution >= 4 is 17.6 Å². The third-order valence-corrected chi connectivity index (χ3v) is 6.14. The van der Waals surface area contributed by atoms with Gasteiger partial charge in [0.1, 0.15) is 5.82 Å². The van der Waals surface area contributed by atoms with Gasteiger partial charge < -0.3 is 20.2 Å². The molecule has 1 aliphatic heterocycles. The minimum absolute atomic E-state index is 0.0254. The lowest BCUT2D eigenvalue weighted by Gasteiger charge is -2.48. The number of benzene rings is 1. The second-order valence-electron chi connectivity index (χ2n) is 9.27. The lowest BCUT2D eigenvalue weighted by Crippen LogP contribution is -2.63. The zero-order valence-electron chi connectivity index (χ0n) is 20.5. The number of hydrogen-bond acceptors (Lipinski definition) is 7. The predicted molar refractivity (Wildman–Crippen MR) is 129 cm³/mol. The molecule has 0 aliphatic carbocycles. The first-order chi connectivity index (χ1) is 17.5. The van der Waals surface area contributed by atoms with Crippen LogP contribution in [-0.4, -0.2) is 62.8 Å². The van der Waals surface area contributed by atoms with Crippen LogP contribution in [0, 0.1) is 16.8 Å². The second-order valence-corrected chi connectivity index (χ2v) is 9.27. The highest BCUT2D eigenvalue weighted by Gasteiger charge is 2.39. The monoisotopic (exact) mass is 512 g/mol. The summed E-state index contributed by atoms with van der Waals surface area (Å²) in [6.07, 6.45) is 5.05. The van der Waals surface area contributed by atoms with E-state index in [9.17, 15) is 23.6 Å². The van der Waals surface area contributed by atoms with Gasteiger partial charge in [0, 0.05) is 37.8 Å². The third kappa shape index (κ3) is 5.97. The van der Waals surface area contributed by atoms with Crippen LogP contribution in [-0.2, 0) is 4.79 Å². The summed E-state index contributed by atoms with van der Waals surface area (Å²) in [6.45, 7) is 6.93. The van der Waals surface area contributed by atoms with E-state index in [2.05, 4.69) is 15.3 Å². The molecule has 194 valence electrons. The molecule has 0 saturated carbocycles. The molecule has 4 rings (SSSR count). The van der Waals surface area contributed by atoms with Crippen molar-refractivity contribution in [2.75, 3.05) is 25.0 Å². The number of hydrogen-bond donors (Lipinski definition) is 1. The van der Waals surface area contributed by atoms with Gasteiger partial charge in [-0.1, -0.05) is 0 Å². The molecule has 3 aromatic rings. The number of aromatic nitrogens is 3. The Hall–Kier alpha value is -4.19. The zero-order chi connectivity index (χ0) is 26.7. The van der Waals surface area contributed by atoms with Crippen molar-refractivity contribution in [3.8, 4) is 11.6 Å². The predicted octanol–water partition coefficient (Wildman–Crippen LogP) is 2.74. The lowest BCUT2D eigenvalue weighted by atomic mass is 9.96. The molecule has 1 N–H and O–H groups in total. The van der Waals surface area contributed by atoms with Crippen LogP contribution in [0.3, 0.4) is 0 Å². The number of nitrogens with one attached hydrogen (secondary N) is 1. The molecule has 37 heavy (non-hydrogen) atoms. The molecule has 1 unspecified atom stereocenters. The van der Waals surface area contributed by atoms with Gasteiger partial charge in [0.15, 0.2) is 29.8 Å². The number of carbonyl (C=O) groups is 2. The average Bonchev–Trinajstić information content (AvgIpc) is 2.86. The van der Waals surface area contributed by atoms with Crippen molar-refractivity contribution in [1.29, 1.82) is 0 Å². The Morgan fingerprint density at radius 2 is 1.86 bits per heavy atom. The Bertz CT molecular complexity index is 1290. The summed E-state index contributed by atoms with van der Waals surface area (Å²) in [6, 6.07) is 5.34. The van der Waals surface area contributed by atoms with Gasteiger partial charge in [-0.15, -0.1) is 0 Å². The van der Waals surface area contributed by atoms with Crippen molar-refractivity contribution in [3.63, 3.8) is 0 Å². The van der Waals surface area contributed by atoms with Crippen molar-refractivity contribution in [1.82, 2.24) is 19.8 Å². The van der Waals surface area contributed by atoms with Crippen molar-refractivity contribution in [2.45, 2.75) is 32.4 Å². The maximum atomic E-state index is 13.8. The summed E-state index contributed by atoms with van der Waals surface area (Å²) < 4.78 is 32.7. The smallest absolute Gasteiger partial charge is 0.254 e. The van der Waals surface area contributed by atoms with Crippen LogP contribution in [0.4, 0.5) is 14.6 Å². The van der Waals surface area contributed by atoms with E-state index in [-0.39, 0.29) is 29.3 Å². The molecule has 1 saturated heterocycles. The maximum Gasteiger partial charge on any atom is 0.254 e. The van der Waals surface area contributed by atoms with Crippen molar-refractivity contribution in [2.24, 2.45) is 0 Å². The molecule has 1 aliphatic rings. The van der Waals surface area contributed by atoms with Crippen molar-refractivity contribution in [3.05, 3.63) is 77.5 Å². The summed E-state index contributed by atoms with van der Waals surface area (Å²) in [5.74, 6) is -2.15. The number of piperazine rings is 1. The molecule has 1 atom stereocenters. The molecular weight excluding hydrogens is 486 g/mol. The van der Waals surface area contributed by atoms with Gasteiger partial charge in [0.2, 0.25) is 11.8 Å². The van der Waals surface area contributed by atoms with E-state index < -0.39 is 23.2 Å². The van der Waals surface area contributed by atoms with Crippen LogP contribution in [0.25, 0.3) is 0 Å². The molecule has 3 heterocycles. The first-order valence-electron chi connectivity index (χ1n) is 11.5. The van der Waals surface area contributed by atoms with Crippen LogP contribution in [0.15, 0.2) is 55.1 Å². The normalized spacial score (nSPS) is 16.2. The van der Waals surface area contributed by atoms with E-state index in [1.807, 2.05) is 18.7 Å². The molecule has 1 aromatic carbocycles. The summed E-state index contributed by atoms with van der Waals surface area (Å²) in [4.78, 5) is 37.7. The molecule has 2 aromatic heterocycles. The van der Waals surface area contributed by atoms with Gasteiger partial charge in [-0.25, -0.2) is 18.7 Å². The Kier molecular flexibility index (Phi) is 7.30. The van der Waals surface area contributed by atoms with E-state index in [1.165, 1.54) is 36.9 Å². The van der Waals surface area contributed by atoms with Gasteiger partial charge in [-0.05, 0) is 32.9 Å². The number of halogens is 2. The lowest BCUT2D eigenvalue weighted by molar-refractivity contribution is -0.605. The molecule has 0 spiro atoms. The highest BCUT2D eigenvalue weighted by atomic mass is 19.1. The van der Waals surface area contributed by atoms with E-state index >= 15 is 0 Å². The summed E-state index contributed by atoms with van der Waals surface area (Å²) in [7, 11) is 0. The van der Waals surface area contributed by atoms with Crippen LogP contribution in [0.1, 0.15) is 31.1 Å². The fourth-order valence-corrected chi connectivity index (χ4v) is 4.11. The first-order valence-corrected chi connectivity index (χ1v) is 11.5. The Balaban J connectivity index is 1.35. The largest absolute Gasteiger partial charge is 0.619 e. The Morgan fingerprint density at radius 1 is 1.14 bits per heavy atom. The number of nitrogens with zero attached hydrogens (tertiary/aromatic N) is 5. The quantitative estimate of drug-likeness (QED) is 0.399. The van der Waals surface area contributed by atoms with Gasteiger partial charge >= 0.3 is 0 Å². The topological polar surface area (TPSA) is 115 Å². The summed E-state index contributed by atoms with van der Waals surface area (Å²) in [5.41, 5.74) is -0.144. The molecule has 10 nitrogen and oxygen atoms in total. The second kappa shape index (κ2) is 10.4. The minimum atomic E-state index is -0.878. The van der Waals surface area contributed by atoms with E-state index in [1.54, 1.807) is 11.8 Å². The number of pyridine rings is 1. The van der Waals surface area contributed by atoms with E-state index in [4.69, 9.17) is 4.74 Å². The van der Waals surface area contributed by atoms with Crippen LogP contribution < -0.4 is 14.8 Å². The molecule has 1 fully saturated rings.